The van der Waals surface area contributed by atoms with Crippen LogP contribution in [-0.2, 0) is 15.9 Å². The Morgan fingerprint density at radius 3 is 3.00 bits per heavy atom. The Kier molecular flexibility index (Phi) is 4.09. The number of aromatic nitrogens is 2. The molecule has 1 aromatic rings. The predicted octanol–water partition coefficient (Wildman–Crippen LogP) is 0.826. The molecule has 2 rings (SSSR count). The molecule has 3 unspecified atom stereocenters. The fourth-order valence-electron chi connectivity index (χ4n) is 1.88. The highest BCUT2D eigenvalue weighted by atomic mass is 16.5. The molecule has 0 spiro atoms. The minimum atomic E-state index is -0.0705. The van der Waals surface area contributed by atoms with Gasteiger partial charge in [0.1, 0.15) is 6.10 Å². The molecule has 1 saturated heterocycles. The second kappa shape index (κ2) is 5.57. The van der Waals surface area contributed by atoms with Crippen LogP contribution in [0.3, 0.4) is 0 Å². The zero-order chi connectivity index (χ0) is 12.3. The van der Waals surface area contributed by atoms with Crippen LogP contribution in [0.2, 0.25) is 0 Å². The maximum absolute atomic E-state index is 5.70. The fraction of sp³-hybridized carbons (Fsp3) is 0.818. The smallest absolute Gasteiger partial charge is 0.229 e. The van der Waals surface area contributed by atoms with E-state index in [2.05, 4.69) is 10.1 Å². The first-order valence-corrected chi connectivity index (χ1v) is 5.93. The van der Waals surface area contributed by atoms with Gasteiger partial charge in [-0.1, -0.05) is 5.16 Å². The lowest BCUT2D eigenvalue weighted by Crippen LogP contribution is -2.19. The quantitative estimate of drug-likeness (QED) is 0.822. The molecule has 1 aliphatic heterocycles. The molecule has 1 aliphatic rings. The fourth-order valence-corrected chi connectivity index (χ4v) is 1.88. The first-order chi connectivity index (χ1) is 8.22. The van der Waals surface area contributed by atoms with Crippen LogP contribution in [-0.4, -0.2) is 36.0 Å². The molecule has 6 heteroatoms. The van der Waals surface area contributed by atoms with Crippen molar-refractivity contribution in [3.05, 3.63) is 11.7 Å². The summed E-state index contributed by atoms with van der Waals surface area (Å²) in [5.74, 6) is 1.22. The Balaban J connectivity index is 1.94. The Labute approximate surface area is 100 Å². The lowest BCUT2D eigenvalue weighted by Gasteiger charge is -2.07. The molecular formula is C11H19N3O3. The van der Waals surface area contributed by atoms with Crippen LogP contribution in [0.1, 0.15) is 37.6 Å². The van der Waals surface area contributed by atoms with E-state index in [1.807, 2.05) is 6.92 Å². The Hall–Kier alpha value is -0.980. The zero-order valence-corrected chi connectivity index (χ0v) is 10.3. The summed E-state index contributed by atoms with van der Waals surface area (Å²) in [6, 6.07) is 0. The number of nitrogens with zero attached hydrogens (tertiary/aromatic N) is 2. The van der Waals surface area contributed by atoms with Crippen molar-refractivity contribution in [2.75, 3.05) is 13.7 Å². The second-order valence-corrected chi connectivity index (χ2v) is 4.36. The Bertz CT molecular complexity index is 355. The summed E-state index contributed by atoms with van der Waals surface area (Å²) in [6.45, 7) is 2.50. The number of ether oxygens (including phenoxy) is 2. The minimum absolute atomic E-state index is 0.0705. The van der Waals surface area contributed by atoms with Gasteiger partial charge in [-0.05, 0) is 19.8 Å². The van der Waals surface area contributed by atoms with E-state index in [1.54, 1.807) is 7.11 Å². The molecular weight excluding hydrogens is 222 g/mol. The van der Waals surface area contributed by atoms with Gasteiger partial charge in [0.25, 0.3) is 0 Å². The van der Waals surface area contributed by atoms with Crippen molar-refractivity contribution in [2.24, 2.45) is 5.73 Å². The number of rotatable bonds is 5. The third-order valence-corrected chi connectivity index (χ3v) is 3.01. The zero-order valence-electron chi connectivity index (χ0n) is 10.3. The van der Waals surface area contributed by atoms with Gasteiger partial charge in [-0.25, -0.2) is 0 Å². The summed E-state index contributed by atoms with van der Waals surface area (Å²) in [5.41, 5.74) is 5.56. The van der Waals surface area contributed by atoms with Crippen molar-refractivity contribution in [1.82, 2.24) is 10.1 Å². The third-order valence-electron chi connectivity index (χ3n) is 3.01. The topological polar surface area (TPSA) is 83.4 Å². The van der Waals surface area contributed by atoms with Gasteiger partial charge in [0.15, 0.2) is 0 Å². The number of hydrogen-bond donors (Lipinski definition) is 1. The van der Waals surface area contributed by atoms with Gasteiger partial charge in [0, 0.05) is 13.7 Å². The standard InChI is InChI=1S/C11H19N3O3/c1-7(15-2)5-10-13-11(14-17-10)9-4-3-8(6-12)16-9/h7-9H,3-6,12H2,1-2H3. The SMILES string of the molecule is COC(C)Cc1nc(C2CCC(CN)O2)no1. The van der Waals surface area contributed by atoms with E-state index in [9.17, 15) is 0 Å². The lowest BCUT2D eigenvalue weighted by atomic mass is 10.2. The Morgan fingerprint density at radius 2 is 2.35 bits per heavy atom. The highest BCUT2D eigenvalue weighted by Gasteiger charge is 2.29. The van der Waals surface area contributed by atoms with Crippen LogP contribution < -0.4 is 5.73 Å². The van der Waals surface area contributed by atoms with E-state index in [0.29, 0.717) is 24.7 Å². The normalized spacial score (nSPS) is 26.3. The van der Waals surface area contributed by atoms with Crippen molar-refractivity contribution < 1.29 is 14.0 Å². The van der Waals surface area contributed by atoms with E-state index in [0.717, 1.165) is 12.8 Å². The average Bonchev–Trinajstić information content (AvgIpc) is 2.96. The molecule has 96 valence electrons. The molecule has 2 heterocycles. The second-order valence-electron chi connectivity index (χ2n) is 4.36. The van der Waals surface area contributed by atoms with Crippen molar-refractivity contribution in [2.45, 2.75) is 44.5 Å². The molecule has 0 bridgehead atoms. The van der Waals surface area contributed by atoms with Gasteiger partial charge in [-0.15, -0.1) is 0 Å². The maximum atomic E-state index is 5.70. The van der Waals surface area contributed by atoms with Crippen LogP contribution in [0.5, 0.6) is 0 Å². The summed E-state index contributed by atoms with van der Waals surface area (Å²) < 4.78 is 16.0. The molecule has 6 nitrogen and oxygen atoms in total. The molecule has 1 aromatic heterocycles. The maximum Gasteiger partial charge on any atom is 0.229 e. The average molecular weight is 241 g/mol. The molecule has 3 atom stereocenters. The van der Waals surface area contributed by atoms with Crippen LogP contribution >= 0.6 is 0 Å². The van der Waals surface area contributed by atoms with Crippen molar-refractivity contribution in [1.29, 1.82) is 0 Å². The van der Waals surface area contributed by atoms with Crippen LogP contribution in [0.25, 0.3) is 0 Å². The first-order valence-electron chi connectivity index (χ1n) is 5.93. The summed E-state index contributed by atoms with van der Waals surface area (Å²) in [6.07, 6.45) is 2.61. The van der Waals surface area contributed by atoms with Gasteiger partial charge in [-0.2, -0.15) is 4.98 Å². The molecule has 0 aliphatic carbocycles. The number of methoxy groups -OCH3 is 1. The highest BCUT2D eigenvalue weighted by Crippen LogP contribution is 2.30. The van der Waals surface area contributed by atoms with Crippen LogP contribution in [0.15, 0.2) is 4.52 Å². The molecule has 0 radical (unpaired) electrons. The van der Waals surface area contributed by atoms with Crippen LogP contribution in [0.4, 0.5) is 0 Å². The van der Waals surface area contributed by atoms with E-state index >= 15 is 0 Å². The van der Waals surface area contributed by atoms with E-state index < -0.39 is 0 Å². The lowest BCUT2D eigenvalue weighted by molar-refractivity contribution is 0.0435. The van der Waals surface area contributed by atoms with Crippen molar-refractivity contribution in [3.63, 3.8) is 0 Å². The highest BCUT2D eigenvalue weighted by molar-refractivity contribution is 4.95. The summed E-state index contributed by atoms with van der Waals surface area (Å²) in [5, 5.41) is 3.95. The predicted molar refractivity (Wildman–Crippen MR) is 60.4 cm³/mol. The van der Waals surface area contributed by atoms with Gasteiger partial charge in [0.05, 0.1) is 18.6 Å². The molecule has 0 aromatic carbocycles. The van der Waals surface area contributed by atoms with Crippen LogP contribution in [0, 0.1) is 0 Å². The molecule has 17 heavy (non-hydrogen) atoms. The molecule has 1 fully saturated rings. The Morgan fingerprint density at radius 1 is 1.53 bits per heavy atom. The van der Waals surface area contributed by atoms with Gasteiger partial charge >= 0.3 is 0 Å². The largest absolute Gasteiger partial charge is 0.381 e. The van der Waals surface area contributed by atoms with Crippen molar-refractivity contribution in [3.8, 4) is 0 Å². The van der Waals surface area contributed by atoms with Gasteiger partial charge in [0.2, 0.25) is 11.7 Å². The number of nitrogens with two attached hydrogens (primary N) is 1. The summed E-state index contributed by atoms with van der Waals surface area (Å²) in [4.78, 5) is 4.33. The van der Waals surface area contributed by atoms with E-state index in [-0.39, 0.29) is 18.3 Å². The first kappa shape index (κ1) is 12.5. The summed E-state index contributed by atoms with van der Waals surface area (Å²) in [7, 11) is 1.66. The van der Waals surface area contributed by atoms with Gasteiger partial charge < -0.3 is 19.7 Å². The third kappa shape index (κ3) is 3.02. The summed E-state index contributed by atoms with van der Waals surface area (Å²) >= 11 is 0. The van der Waals surface area contributed by atoms with E-state index in [4.69, 9.17) is 19.7 Å². The number of hydrogen-bond acceptors (Lipinski definition) is 6. The molecule has 0 saturated carbocycles. The van der Waals surface area contributed by atoms with E-state index in [1.165, 1.54) is 0 Å². The monoisotopic (exact) mass is 241 g/mol. The molecule has 2 N–H and O–H groups in total. The van der Waals surface area contributed by atoms with Gasteiger partial charge in [-0.3, -0.25) is 0 Å². The van der Waals surface area contributed by atoms with Crippen molar-refractivity contribution >= 4 is 0 Å². The minimum Gasteiger partial charge on any atom is -0.381 e. The molecule has 0 amide bonds.